The third-order valence-corrected chi connectivity index (χ3v) is 1.69. The molecule has 6 heavy (non-hydrogen) atoms. The molecule has 1 fully saturated rings. The monoisotopic (exact) mass is 150 g/mol. The Hall–Kier alpha value is 0.440. The van der Waals surface area contributed by atoms with Crippen LogP contribution in [-0.4, -0.2) is 18.0 Å². The Bertz CT molecular complexity index is 40.1. The molecule has 1 aliphatic heterocycles. The highest BCUT2D eigenvalue weighted by Gasteiger charge is 2.14. The highest BCUT2D eigenvalue weighted by molar-refractivity contribution is 9.09. The van der Waals surface area contributed by atoms with Gasteiger partial charge in [0.1, 0.15) is 0 Å². The molecule has 36 valence electrons. The molecule has 1 rings (SSSR count). The molecule has 1 heterocycles. The Morgan fingerprint density at radius 1 is 1.83 bits per heavy atom. The summed E-state index contributed by atoms with van der Waals surface area (Å²) in [4.78, 5) is 0. The van der Waals surface area contributed by atoms with Gasteiger partial charge in [-0.3, -0.25) is 0 Å². The first-order valence-electron chi connectivity index (χ1n) is 2.11. The summed E-state index contributed by atoms with van der Waals surface area (Å²) in [6.45, 7) is 0.969. The normalized spacial score (nSPS) is 32.5. The fourth-order valence-corrected chi connectivity index (χ4v) is 0.917. The highest BCUT2D eigenvalue weighted by atomic mass is 79.9. The van der Waals surface area contributed by atoms with E-state index in [1.807, 2.05) is 0 Å². The van der Waals surface area contributed by atoms with E-state index >= 15 is 0 Å². The van der Waals surface area contributed by atoms with E-state index in [2.05, 4.69) is 15.9 Å². The molecule has 0 N–H and O–H groups in total. The smallest absolute Gasteiger partial charge is 0.0693 e. The Labute approximate surface area is 45.8 Å². The summed E-state index contributed by atoms with van der Waals surface area (Å²) in [7, 11) is 0. The highest BCUT2D eigenvalue weighted by Crippen LogP contribution is 2.11. The number of alkyl halides is 1. The van der Waals surface area contributed by atoms with Gasteiger partial charge in [0.15, 0.2) is 0 Å². The van der Waals surface area contributed by atoms with Crippen LogP contribution in [0, 0.1) is 0 Å². The van der Waals surface area contributed by atoms with Gasteiger partial charge in [-0.25, -0.2) is 0 Å². The standard InChI is InChI=1S/C4H7BrO/c5-3-4-1-2-6-4/h4H,1-3H2/t4-/m0/s1. The van der Waals surface area contributed by atoms with E-state index in [4.69, 9.17) is 4.74 Å². The molecule has 0 radical (unpaired) electrons. The van der Waals surface area contributed by atoms with Crippen molar-refractivity contribution in [2.75, 3.05) is 11.9 Å². The van der Waals surface area contributed by atoms with Crippen molar-refractivity contribution in [3.63, 3.8) is 0 Å². The van der Waals surface area contributed by atoms with Crippen LogP contribution in [0.4, 0.5) is 0 Å². The van der Waals surface area contributed by atoms with Crippen LogP contribution in [0.3, 0.4) is 0 Å². The quantitative estimate of drug-likeness (QED) is 0.511. The van der Waals surface area contributed by atoms with Gasteiger partial charge in [0.05, 0.1) is 6.10 Å². The number of halogens is 1. The maximum atomic E-state index is 5.03. The molecule has 1 saturated heterocycles. The maximum Gasteiger partial charge on any atom is 0.0693 e. The van der Waals surface area contributed by atoms with E-state index in [1.165, 1.54) is 6.42 Å². The molecular weight excluding hydrogens is 144 g/mol. The van der Waals surface area contributed by atoms with Gasteiger partial charge in [0.25, 0.3) is 0 Å². The lowest BCUT2D eigenvalue weighted by atomic mass is 10.2. The number of ether oxygens (including phenoxy) is 1. The third-order valence-electron chi connectivity index (χ3n) is 0.965. The van der Waals surface area contributed by atoms with Crippen molar-refractivity contribution >= 4 is 15.9 Å². The molecule has 2 heteroatoms. The zero-order valence-electron chi connectivity index (χ0n) is 3.48. The van der Waals surface area contributed by atoms with Crippen LogP contribution in [0.1, 0.15) is 6.42 Å². The Balaban J connectivity index is 2.01. The van der Waals surface area contributed by atoms with Crippen LogP contribution in [-0.2, 0) is 4.74 Å². The second-order valence-electron chi connectivity index (χ2n) is 1.44. The molecule has 1 aliphatic rings. The van der Waals surface area contributed by atoms with E-state index < -0.39 is 0 Å². The van der Waals surface area contributed by atoms with Crippen molar-refractivity contribution in [1.29, 1.82) is 0 Å². The summed E-state index contributed by atoms with van der Waals surface area (Å²) in [6.07, 6.45) is 1.77. The lowest BCUT2D eigenvalue weighted by Crippen LogP contribution is -2.27. The van der Waals surface area contributed by atoms with Crippen LogP contribution >= 0.6 is 15.9 Å². The van der Waals surface area contributed by atoms with E-state index in [0.29, 0.717) is 6.10 Å². The molecule has 0 aromatic heterocycles. The zero-order chi connectivity index (χ0) is 4.41. The largest absolute Gasteiger partial charge is 0.377 e. The fourth-order valence-electron chi connectivity index (χ4n) is 0.406. The summed E-state index contributed by atoms with van der Waals surface area (Å²) in [6, 6.07) is 0. The van der Waals surface area contributed by atoms with E-state index in [1.54, 1.807) is 0 Å². The Kier molecular flexibility index (Phi) is 1.48. The van der Waals surface area contributed by atoms with Crippen LogP contribution in [0.15, 0.2) is 0 Å². The summed E-state index contributed by atoms with van der Waals surface area (Å²) in [5.74, 6) is 0. The van der Waals surface area contributed by atoms with Crippen molar-refractivity contribution < 1.29 is 4.74 Å². The molecule has 1 atom stereocenters. The van der Waals surface area contributed by atoms with Gasteiger partial charge < -0.3 is 4.74 Å². The van der Waals surface area contributed by atoms with Crippen LogP contribution < -0.4 is 0 Å². The minimum atomic E-state index is 0.532. The van der Waals surface area contributed by atoms with Gasteiger partial charge in [0.2, 0.25) is 0 Å². The van der Waals surface area contributed by atoms with Gasteiger partial charge >= 0.3 is 0 Å². The van der Waals surface area contributed by atoms with Gasteiger partial charge in [-0.2, -0.15) is 0 Å². The molecule has 0 amide bonds. The maximum absolute atomic E-state index is 5.03. The average Bonchev–Trinajstić information content (AvgIpc) is 1.31. The second kappa shape index (κ2) is 1.94. The summed E-state index contributed by atoms with van der Waals surface area (Å²) in [5.41, 5.74) is 0. The minimum absolute atomic E-state index is 0.532. The van der Waals surface area contributed by atoms with Crippen molar-refractivity contribution in [3.8, 4) is 0 Å². The zero-order valence-corrected chi connectivity index (χ0v) is 5.07. The molecule has 1 nitrogen and oxygen atoms in total. The first kappa shape index (κ1) is 4.60. The molecular formula is C4H7BrO. The minimum Gasteiger partial charge on any atom is -0.377 e. The molecule has 0 bridgehead atoms. The van der Waals surface area contributed by atoms with Crippen LogP contribution in [0.2, 0.25) is 0 Å². The van der Waals surface area contributed by atoms with Gasteiger partial charge in [0, 0.05) is 11.9 Å². The first-order valence-corrected chi connectivity index (χ1v) is 3.23. The summed E-state index contributed by atoms with van der Waals surface area (Å²) >= 11 is 3.30. The van der Waals surface area contributed by atoms with Crippen LogP contribution in [0.25, 0.3) is 0 Å². The number of hydrogen-bond acceptors (Lipinski definition) is 1. The van der Waals surface area contributed by atoms with Crippen molar-refractivity contribution in [3.05, 3.63) is 0 Å². The number of rotatable bonds is 1. The van der Waals surface area contributed by atoms with Crippen molar-refractivity contribution in [2.45, 2.75) is 12.5 Å². The summed E-state index contributed by atoms with van der Waals surface area (Å²) in [5, 5.41) is 1.01. The fraction of sp³-hybridized carbons (Fsp3) is 1.00. The van der Waals surface area contributed by atoms with Gasteiger partial charge in [-0.05, 0) is 6.42 Å². The molecule has 0 saturated carbocycles. The predicted octanol–water partition coefficient (Wildman–Crippen LogP) is 1.17. The lowest BCUT2D eigenvalue weighted by Gasteiger charge is -2.23. The van der Waals surface area contributed by atoms with Gasteiger partial charge in [-0.15, -0.1) is 0 Å². The first-order chi connectivity index (χ1) is 2.93. The van der Waals surface area contributed by atoms with Crippen LogP contribution in [0.5, 0.6) is 0 Å². The summed E-state index contributed by atoms with van der Waals surface area (Å²) < 4.78 is 5.03. The average molecular weight is 151 g/mol. The Morgan fingerprint density at radius 3 is 2.50 bits per heavy atom. The second-order valence-corrected chi connectivity index (χ2v) is 2.08. The van der Waals surface area contributed by atoms with E-state index in [-0.39, 0.29) is 0 Å². The van der Waals surface area contributed by atoms with Crippen molar-refractivity contribution in [2.24, 2.45) is 0 Å². The van der Waals surface area contributed by atoms with E-state index in [0.717, 1.165) is 11.9 Å². The lowest BCUT2D eigenvalue weighted by molar-refractivity contribution is -0.0335. The third kappa shape index (κ3) is 0.738. The van der Waals surface area contributed by atoms with Crippen molar-refractivity contribution in [1.82, 2.24) is 0 Å². The van der Waals surface area contributed by atoms with Gasteiger partial charge in [-0.1, -0.05) is 15.9 Å². The predicted molar refractivity (Wildman–Crippen MR) is 28.2 cm³/mol. The SMILES string of the molecule is BrC[C@@H]1CCO1. The Morgan fingerprint density at radius 2 is 2.50 bits per heavy atom. The molecule has 0 spiro atoms. The molecule has 0 unspecified atom stereocenters. The molecule has 0 aromatic rings. The van der Waals surface area contributed by atoms with E-state index in [9.17, 15) is 0 Å². The topological polar surface area (TPSA) is 9.23 Å². The number of hydrogen-bond donors (Lipinski definition) is 0. The molecule has 0 aliphatic carbocycles. The molecule has 0 aromatic carbocycles.